The summed E-state index contributed by atoms with van der Waals surface area (Å²) in [6.07, 6.45) is 0. The van der Waals surface area contributed by atoms with E-state index in [1.165, 1.54) is 27.3 Å². The van der Waals surface area contributed by atoms with Crippen LogP contribution in [0.3, 0.4) is 0 Å². The number of hydrogen-bond donors (Lipinski definition) is 2. The monoisotopic (exact) mass is 1050 g/mol. The highest BCUT2D eigenvalue weighted by molar-refractivity contribution is 9.10. The average molecular weight is 1050 g/mol. The minimum absolute atomic E-state index is 0.239. The summed E-state index contributed by atoms with van der Waals surface area (Å²) in [6, 6.07) is 61.2. The Morgan fingerprint density at radius 3 is 1.17 bits per heavy atom. The molecule has 0 saturated heterocycles. The topological polar surface area (TPSA) is 76.1 Å². The minimum atomic E-state index is 0.239. The molecule has 2 heterocycles. The number of hydrogen-bond acceptors (Lipinski definition) is 4. The molecule has 0 aliphatic carbocycles. The quantitative estimate of drug-likeness (QED) is 0.136. The van der Waals surface area contributed by atoms with Crippen molar-refractivity contribution in [3.05, 3.63) is 202 Å². The van der Waals surface area contributed by atoms with Crippen molar-refractivity contribution in [1.29, 1.82) is 0 Å². The van der Waals surface area contributed by atoms with E-state index in [0.29, 0.717) is 0 Å². The van der Waals surface area contributed by atoms with Crippen LogP contribution in [0.5, 0.6) is 11.5 Å². The third kappa shape index (κ3) is 7.70. The number of aromatic hydroxyl groups is 2. The van der Waals surface area contributed by atoms with Crippen LogP contribution in [0.15, 0.2) is 191 Å². The lowest BCUT2D eigenvalue weighted by Gasteiger charge is -2.13. The fourth-order valence-corrected chi connectivity index (χ4v) is 9.77. The van der Waals surface area contributed by atoms with E-state index in [-0.39, 0.29) is 11.5 Å². The molecule has 0 unspecified atom stereocenters. The van der Waals surface area contributed by atoms with Crippen molar-refractivity contribution in [2.45, 2.75) is 13.8 Å². The van der Waals surface area contributed by atoms with E-state index in [1.54, 1.807) is 24.3 Å². The smallest absolute Gasteiger partial charge is 0.145 e. The summed E-state index contributed by atoms with van der Waals surface area (Å²) in [5.74, 6) is 4.06. The summed E-state index contributed by atoms with van der Waals surface area (Å²) >= 11 is 10.2. The van der Waals surface area contributed by atoms with Gasteiger partial charge in [0, 0.05) is 53.0 Å². The van der Waals surface area contributed by atoms with Crippen LogP contribution >= 0.6 is 47.8 Å². The van der Waals surface area contributed by atoms with E-state index in [9.17, 15) is 10.2 Å². The second kappa shape index (κ2) is 17.9. The first-order valence-electron chi connectivity index (χ1n) is 21.4. The van der Waals surface area contributed by atoms with Crippen molar-refractivity contribution in [2.75, 3.05) is 5.83 Å². The maximum Gasteiger partial charge on any atom is 0.145 e. The Hall–Kier alpha value is -6.78. The Kier molecular flexibility index (Phi) is 11.7. The first-order chi connectivity index (χ1) is 32.2. The fraction of sp³-hybridized carbons (Fsp3) is 0.0526. The van der Waals surface area contributed by atoms with Crippen LogP contribution in [0.25, 0.3) is 99.3 Å². The van der Waals surface area contributed by atoms with Crippen LogP contribution in [0, 0.1) is 13.8 Å². The van der Waals surface area contributed by atoms with Gasteiger partial charge in [0.1, 0.15) is 23.1 Å². The number of fused-ring (bicyclic) bond motifs is 12. The summed E-state index contributed by atoms with van der Waals surface area (Å²) in [7, 11) is 0. The van der Waals surface area contributed by atoms with Gasteiger partial charge >= 0.3 is 0 Å². The highest BCUT2D eigenvalue weighted by atomic mass is 79.9. The Morgan fingerprint density at radius 2 is 0.727 bits per heavy atom. The summed E-state index contributed by atoms with van der Waals surface area (Å²) in [4.78, 5) is 10.4. The molecule has 0 atom stereocenters. The number of alkyl halides is 1. The van der Waals surface area contributed by atoms with Gasteiger partial charge in [-0.25, -0.2) is 9.97 Å². The third-order valence-electron chi connectivity index (χ3n) is 11.9. The molecule has 0 aliphatic rings. The van der Waals surface area contributed by atoms with Crippen molar-refractivity contribution in [3.63, 3.8) is 0 Å². The predicted molar refractivity (Wildman–Crippen MR) is 286 cm³/mol. The van der Waals surface area contributed by atoms with E-state index in [4.69, 9.17) is 9.97 Å². The number of imidazole rings is 2. The van der Waals surface area contributed by atoms with Gasteiger partial charge < -0.3 is 10.2 Å². The maximum absolute atomic E-state index is 9.90. The molecule has 6 nitrogen and oxygen atoms in total. The summed E-state index contributed by atoms with van der Waals surface area (Å²) in [5.41, 5.74) is 10.6. The number of rotatable bonds is 4. The fourth-order valence-electron chi connectivity index (χ4n) is 9.05. The van der Waals surface area contributed by atoms with Gasteiger partial charge in [0.05, 0.1) is 22.1 Å². The molecule has 322 valence electrons. The Labute approximate surface area is 406 Å². The summed E-state index contributed by atoms with van der Waals surface area (Å²) in [5, 5.41) is 29.1. The molecular weight excluding hydrogens is 1010 g/mol. The van der Waals surface area contributed by atoms with Crippen LogP contribution in [-0.2, 0) is 0 Å². The third-order valence-corrected chi connectivity index (χ3v) is 12.9. The molecule has 0 spiro atoms. The number of aromatic nitrogens is 4. The first kappa shape index (κ1) is 43.1. The first-order valence-corrected chi connectivity index (χ1v) is 24.5. The second-order valence-electron chi connectivity index (χ2n) is 16.2. The standard InChI is InChI=1S/C29H22N2O.C27H16Br2N2O.CH3Br/c1-18-8-14-23-25(16-18)26-17-19(2)9-15-24(26)28-27(23)30-29(20-6-4-3-5-7-20)31(28)21-10-12-22(32)13-11-21;28-17-6-12-21-23(14-17)24-15-18(29)7-13-22(24)26-25(21)30-27(16-4-2-1-3-5-16)31(26)19-8-10-20(32)11-9-19;1-2/h3-17,32H,1-2H3;1-15,32H;1H3. The average Bonchev–Trinajstić information content (AvgIpc) is 3.95. The molecule has 0 radical (unpaired) electrons. The van der Waals surface area contributed by atoms with Crippen molar-refractivity contribution in [3.8, 4) is 45.6 Å². The van der Waals surface area contributed by atoms with Gasteiger partial charge in [0.25, 0.3) is 0 Å². The van der Waals surface area contributed by atoms with Crippen LogP contribution < -0.4 is 0 Å². The van der Waals surface area contributed by atoms with E-state index >= 15 is 0 Å². The Bertz CT molecular complexity index is 3520. The number of halogens is 3. The molecule has 0 fully saturated rings. The number of nitrogens with zero attached hydrogens (tertiary/aromatic N) is 4. The van der Waals surface area contributed by atoms with Crippen LogP contribution in [0.4, 0.5) is 0 Å². The zero-order valence-electron chi connectivity index (χ0n) is 36.1. The highest BCUT2D eigenvalue weighted by Crippen LogP contribution is 2.42. The number of phenolic OH excluding ortho intramolecular Hbond substituents is 2. The molecule has 12 aromatic rings. The van der Waals surface area contributed by atoms with Crippen molar-refractivity contribution in [1.82, 2.24) is 19.1 Å². The number of aryl methyl sites for hydroxylation is 2. The SMILES string of the molecule is CBr.Cc1ccc2c(c1)c1cc(C)ccc1c1c2nc(-c2ccccc2)n1-c1ccc(O)cc1.Oc1ccc(-n2c(-c3ccccc3)nc3c4ccc(Br)cc4c4cc(Br)ccc4c32)cc1. The van der Waals surface area contributed by atoms with Crippen molar-refractivity contribution < 1.29 is 10.2 Å². The molecule has 10 aromatic carbocycles. The lowest BCUT2D eigenvalue weighted by atomic mass is 9.97. The normalized spacial score (nSPS) is 11.3. The number of benzene rings is 10. The van der Waals surface area contributed by atoms with Crippen LogP contribution in [0.2, 0.25) is 0 Å². The van der Waals surface area contributed by atoms with Crippen LogP contribution in [-0.4, -0.2) is 35.1 Å². The molecule has 2 aromatic heterocycles. The number of phenols is 2. The molecule has 9 heteroatoms. The van der Waals surface area contributed by atoms with Gasteiger partial charge in [-0.05, 0) is 114 Å². The molecule has 0 aliphatic heterocycles. The van der Waals surface area contributed by atoms with E-state index in [0.717, 1.165) is 92.1 Å². The summed E-state index contributed by atoms with van der Waals surface area (Å²) < 4.78 is 6.49. The molecule has 0 bridgehead atoms. The van der Waals surface area contributed by atoms with Gasteiger partial charge in [-0.1, -0.05) is 168 Å². The Morgan fingerprint density at radius 1 is 0.379 bits per heavy atom. The van der Waals surface area contributed by atoms with Gasteiger partial charge in [0.15, 0.2) is 0 Å². The van der Waals surface area contributed by atoms with Crippen molar-refractivity contribution >= 4 is 113 Å². The molecule has 2 N–H and O–H groups in total. The zero-order chi connectivity index (χ0) is 45.6. The van der Waals surface area contributed by atoms with E-state index in [1.807, 2.05) is 66.5 Å². The van der Waals surface area contributed by atoms with Crippen molar-refractivity contribution in [2.24, 2.45) is 0 Å². The predicted octanol–water partition coefficient (Wildman–Crippen LogP) is 16.6. The molecule has 66 heavy (non-hydrogen) atoms. The maximum atomic E-state index is 9.90. The van der Waals surface area contributed by atoms with Gasteiger partial charge in [-0.2, -0.15) is 0 Å². The lowest BCUT2D eigenvalue weighted by molar-refractivity contribution is 0.474. The molecule has 0 saturated carbocycles. The molecule has 0 amide bonds. The molecular formula is C57H41Br3N4O2. The minimum Gasteiger partial charge on any atom is -0.508 e. The largest absolute Gasteiger partial charge is 0.508 e. The van der Waals surface area contributed by atoms with Gasteiger partial charge in [-0.15, -0.1) is 0 Å². The lowest BCUT2D eigenvalue weighted by Crippen LogP contribution is -1.98. The Balaban J connectivity index is 0.000000149. The molecule has 12 rings (SSSR count). The van der Waals surface area contributed by atoms with E-state index in [2.05, 4.69) is 168 Å². The van der Waals surface area contributed by atoms with E-state index < -0.39 is 0 Å². The highest BCUT2D eigenvalue weighted by Gasteiger charge is 2.22. The van der Waals surface area contributed by atoms with Crippen LogP contribution in [0.1, 0.15) is 11.1 Å². The van der Waals surface area contributed by atoms with Gasteiger partial charge in [-0.3, -0.25) is 9.13 Å². The zero-order valence-corrected chi connectivity index (χ0v) is 40.9. The second-order valence-corrected chi connectivity index (χ2v) is 18.0. The van der Waals surface area contributed by atoms with Gasteiger partial charge in [0.2, 0.25) is 0 Å². The summed E-state index contributed by atoms with van der Waals surface area (Å²) in [6.45, 7) is 4.27.